The maximum absolute atomic E-state index is 11.9. The molecule has 2 N–H and O–H groups in total. The zero-order valence-electron chi connectivity index (χ0n) is 11.9. The molecule has 1 aromatic rings. The van der Waals surface area contributed by atoms with E-state index < -0.39 is 11.0 Å². The molecule has 114 valence electrons. The SMILES string of the molecule is CNCc1cc([N+](=O)[O-])ccc1OC1CCCCNC1=O. The Bertz CT molecular complexity index is 533. The highest BCUT2D eigenvalue weighted by molar-refractivity contribution is 5.81. The Balaban J connectivity index is 2.21. The molecule has 21 heavy (non-hydrogen) atoms. The van der Waals surface area contributed by atoms with Crippen molar-refractivity contribution in [3.05, 3.63) is 33.9 Å². The third-order valence-corrected chi connectivity index (χ3v) is 3.38. The van der Waals surface area contributed by atoms with Gasteiger partial charge in [-0.25, -0.2) is 0 Å². The van der Waals surface area contributed by atoms with Crippen molar-refractivity contribution < 1.29 is 14.5 Å². The molecule has 0 aromatic heterocycles. The van der Waals surface area contributed by atoms with Gasteiger partial charge in [0.15, 0.2) is 6.10 Å². The molecule has 1 aromatic carbocycles. The van der Waals surface area contributed by atoms with Crippen LogP contribution in [0, 0.1) is 10.1 Å². The van der Waals surface area contributed by atoms with Crippen LogP contribution in [0.5, 0.6) is 5.75 Å². The molecule has 1 aliphatic heterocycles. The number of non-ortho nitro benzene ring substituents is 1. The number of nitrogens with zero attached hydrogens (tertiary/aromatic N) is 1. The molecule has 1 unspecified atom stereocenters. The zero-order chi connectivity index (χ0) is 15.2. The van der Waals surface area contributed by atoms with E-state index in [2.05, 4.69) is 10.6 Å². The summed E-state index contributed by atoms with van der Waals surface area (Å²) in [5.41, 5.74) is 0.682. The Kier molecular flexibility index (Phi) is 5.10. The van der Waals surface area contributed by atoms with Crippen molar-refractivity contribution in [2.75, 3.05) is 13.6 Å². The summed E-state index contributed by atoms with van der Waals surface area (Å²) in [6.07, 6.45) is 1.97. The minimum atomic E-state index is -0.537. The van der Waals surface area contributed by atoms with Crippen molar-refractivity contribution in [2.45, 2.75) is 31.9 Å². The minimum Gasteiger partial charge on any atom is -0.480 e. The maximum atomic E-state index is 11.9. The molecule has 0 saturated carbocycles. The van der Waals surface area contributed by atoms with Gasteiger partial charge < -0.3 is 15.4 Å². The van der Waals surface area contributed by atoms with Crippen molar-refractivity contribution in [3.8, 4) is 5.75 Å². The first kappa shape index (κ1) is 15.2. The number of benzene rings is 1. The first-order valence-corrected chi connectivity index (χ1v) is 6.98. The standard InChI is InChI=1S/C14H19N3O4/c1-15-9-10-8-11(17(19)20)5-6-12(10)21-13-4-2-3-7-16-14(13)18/h5-6,8,13,15H,2-4,7,9H2,1H3,(H,16,18). The van der Waals surface area contributed by atoms with E-state index in [0.29, 0.717) is 30.8 Å². The van der Waals surface area contributed by atoms with Gasteiger partial charge in [0.25, 0.3) is 11.6 Å². The van der Waals surface area contributed by atoms with Gasteiger partial charge in [-0.05, 0) is 32.4 Å². The van der Waals surface area contributed by atoms with Gasteiger partial charge in [0.05, 0.1) is 4.92 Å². The van der Waals surface area contributed by atoms with Gasteiger partial charge in [0.2, 0.25) is 0 Å². The van der Waals surface area contributed by atoms with Gasteiger partial charge in [-0.2, -0.15) is 0 Å². The highest BCUT2D eigenvalue weighted by atomic mass is 16.6. The summed E-state index contributed by atoms with van der Waals surface area (Å²) in [5, 5.41) is 16.6. The van der Waals surface area contributed by atoms with E-state index in [4.69, 9.17) is 4.74 Å². The molecule has 0 spiro atoms. The first-order valence-electron chi connectivity index (χ1n) is 6.98. The second kappa shape index (κ2) is 7.03. The van der Waals surface area contributed by atoms with Gasteiger partial charge in [0.1, 0.15) is 5.75 Å². The van der Waals surface area contributed by atoms with Gasteiger partial charge in [-0.1, -0.05) is 0 Å². The molecule has 1 fully saturated rings. The molecule has 0 bridgehead atoms. The predicted molar refractivity (Wildman–Crippen MR) is 77.1 cm³/mol. The summed E-state index contributed by atoms with van der Waals surface area (Å²) in [4.78, 5) is 22.3. The molecule has 1 heterocycles. The summed E-state index contributed by atoms with van der Waals surface area (Å²) in [6.45, 7) is 1.10. The van der Waals surface area contributed by atoms with Gasteiger partial charge >= 0.3 is 0 Å². The summed E-state index contributed by atoms with van der Waals surface area (Å²) < 4.78 is 5.79. The van der Waals surface area contributed by atoms with E-state index >= 15 is 0 Å². The Morgan fingerprint density at radius 3 is 3.00 bits per heavy atom. The molecule has 1 aliphatic rings. The van der Waals surface area contributed by atoms with Crippen LogP contribution in [0.15, 0.2) is 18.2 Å². The fourth-order valence-corrected chi connectivity index (χ4v) is 2.30. The Morgan fingerprint density at radius 2 is 2.29 bits per heavy atom. The van der Waals surface area contributed by atoms with Crippen LogP contribution in [0.3, 0.4) is 0 Å². The normalized spacial score (nSPS) is 18.7. The van der Waals surface area contributed by atoms with Crippen LogP contribution in [0.4, 0.5) is 5.69 Å². The number of rotatable bonds is 5. The molecule has 1 amide bonds. The summed E-state index contributed by atoms with van der Waals surface area (Å²) in [6, 6.07) is 4.42. The van der Waals surface area contributed by atoms with Crippen LogP contribution in [0.25, 0.3) is 0 Å². The van der Waals surface area contributed by atoms with Gasteiger partial charge in [0, 0.05) is 30.8 Å². The molecule has 7 nitrogen and oxygen atoms in total. The third kappa shape index (κ3) is 3.91. The lowest BCUT2D eigenvalue weighted by atomic mass is 10.1. The number of carbonyl (C=O) groups excluding carboxylic acids is 1. The smallest absolute Gasteiger partial charge is 0.270 e. The van der Waals surface area contributed by atoms with E-state index in [0.717, 1.165) is 12.8 Å². The number of nitro groups is 1. The lowest BCUT2D eigenvalue weighted by molar-refractivity contribution is -0.384. The number of ether oxygens (including phenoxy) is 1. The molecule has 2 rings (SSSR count). The average Bonchev–Trinajstić information content (AvgIpc) is 2.66. The molecule has 1 saturated heterocycles. The van der Waals surface area contributed by atoms with E-state index in [1.165, 1.54) is 12.1 Å². The summed E-state index contributed by atoms with van der Waals surface area (Å²) in [7, 11) is 1.75. The Labute approximate surface area is 122 Å². The highest BCUT2D eigenvalue weighted by Crippen LogP contribution is 2.26. The third-order valence-electron chi connectivity index (χ3n) is 3.38. The van der Waals surface area contributed by atoms with Crippen LogP contribution in [-0.2, 0) is 11.3 Å². The van der Waals surface area contributed by atoms with Gasteiger partial charge in [-0.15, -0.1) is 0 Å². The summed E-state index contributed by atoms with van der Waals surface area (Å²) in [5.74, 6) is 0.387. The molecule has 0 radical (unpaired) electrons. The maximum Gasteiger partial charge on any atom is 0.270 e. The Hall–Kier alpha value is -2.15. The highest BCUT2D eigenvalue weighted by Gasteiger charge is 2.23. The molecule has 1 atom stereocenters. The number of hydrogen-bond acceptors (Lipinski definition) is 5. The molecule has 7 heteroatoms. The van der Waals surface area contributed by atoms with Gasteiger partial charge in [-0.3, -0.25) is 14.9 Å². The minimum absolute atomic E-state index is 0.0120. The van der Waals surface area contributed by atoms with E-state index in [1.54, 1.807) is 13.1 Å². The lowest BCUT2D eigenvalue weighted by Gasteiger charge is -2.18. The second-order valence-electron chi connectivity index (χ2n) is 4.97. The van der Waals surface area contributed by atoms with Crippen LogP contribution in [0.1, 0.15) is 24.8 Å². The fraction of sp³-hybridized carbons (Fsp3) is 0.500. The monoisotopic (exact) mass is 293 g/mol. The van der Waals surface area contributed by atoms with Crippen LogP contribution < -0.4 is 15.4 Å². The quantitative estimate of drug-likeness (QED) is 0.631. The van der Waals surface area contributed by atoms with Crippen LogP contribution >= 0.6 is 0 Å². The molecular weight excluding hydrogens is 274 g/mol. The van der Waals surface area contributed by atoms with E-state index in [1.807, 2.05) is 0 Å². The average molecular weight is 293 g/mol. The van der Waals surface area contributed by atoms with Crippen molar-refractivity contribution in [1.29, 1.82) is 0 Å². The summed E-state index contributed by atoms with van der Waals surface area (Å²) >= 11 is 0. The van der Waals surface area contributed by atoms with Crippen molar-refractivity contribution >= 4 is 11.6 Å². The number of nitrogens with one attached hydrogen (secondary N) is 2. The fourth-order valence-electron chi connectivity index (χ4n) is 2.30. The van der Waals surface area contributed by atoms with Crippen LogP contribution in [0.2, 0.25) is 0 Å². The van der Waals surface area contributed by atoms with E-state index in [9.17, 15) is 14.9 Å². The predicted octanol–water partition coefficient (Wildman–Crippen LogP) is 1.36. The molecule has 0 aliphatic carbocycles. The number of hydrogen-bond donors (Lipinski definition) is 2. The number of nitro benzene ring substituents is 1. The van der Waals surface area contributed by atoms with Crippen LogP contribution in [-0.4, -0.2) is 30.5 Å². The number of amides is 1. The number of carbonyl (C=O) groups is 1. The topological polar surface area (TPSA) is 93.5 Å². The van der Waals surface area contributed by atoms with Crippen molar-refractivity contribution in [3.63, 3.8) is 0 Å². The second-order valence-corrected chi connectivity index (χ2v) is 4.97. The largest absolute Gasteiger partial charge is 0.480 e. The Morgan fingerprint density at radius 1 is 1.48 bits per heavy atom. The van der Waals surface area contributed by atoms with E-state index in [-0.39, 0.29) is 11.6 Å². The van der Waals surface area contributed by atoms with Crippen molar-refractivity contribution in [1.82, 2.24) is 10.6 Å². The zero-order valence-corrected chi connectivity index (χ0v) is 11.9. The van der Waals surface area contributed by atoms with Crippen molar-refractivity contribution in [2.24, 2.45) is 0 Å². The molecular formula is C14H19N3O4. The lowest BCUT2D eigenvalue weighted by Crippen LogP contribution is -2.36. The first-order chi connectivity index (χ1) is 10.1.